The number of nitrogens with two attached hydrogens (primary N) is 1. The first kappa shape index (κ1) is 13.5. The predicted molar refractivity (Wildman–Crippen MR) is 74.3 cm³/mol. The first-order valence-corrected chi connectivity index (χ1v) is 6.52. The quantitative estimate of drug-likeness (QED) is 0.779. The highest BCUT2D eigenvalue weighted by atomic mass is 16.4. The van der Waals surface area contributed by atoms with Crippen LogP contribution in [0.25, 0.3) is 11.0 Å². The summed E-state index contributed by atoms with van der Waals surface area (Å²) in [5, 5.41) is 8.97. The third-order valence-corrected chi connectivity index (χ3v) is 3.32. The van der Waals surface area contributed by atoms with Crippen LogP contribution in [-0.4, -0.2) is 27.2 Å². The Morgan fingerprint density at radius 2 is 2.16 bits per heavy atom. The summed E-state index contributed by atoms with van der Waals surface area (Å²) in [6, 6.07) is 5.06. The molecule has 0 spiro atoms. The number of unbranched alkanes of at least 4 members (excludes halogenated alkanes) is 2. The van der Waals surface area contributed by atoms with Gasteiger partial charge >= 0.3 is 5.97 Å². The molecule has 1 aromatic heterocycles. The predicted octanol–water partition coefficient (Wildman–Crippen LogP) is 1.94. The topological polar surface area (TPSA) is 81.1 Å². The molecule has 3 N–H and O–H groups in total. The number of carboxylic acids is 1. The molecule has 0 aliphatic heterocycles. The minimum Gasteiger partial charge on any atom is -0.478 e. The number of carbonyl (C=O) groups is 1. The molecule has 0 fully saturated rings. The second kappa shape index (κ2) is 5.84. The smallest absolute Gasteiger partial charge is 0.335 e. The molecule has 0 bridgehead atoms. The van der Waals surface area contributed by atoms with Gasteiger partial charge < -0.3 is 15.4 Å². The van der Waals surface area contributed by atoms with Crippen LogP contribution in [-0.2, 0) is 13.5 Å². The van der Waals surface area contributed by atoms with Gasteiger partial charge in [0.25, 0.3) is 0 Å². The molecular formula is C14H19N3O2. The number of fused-ring (bicyclic) bond motifs is 1. The van der Waals surface area contributed by atoms with Crippen molar-refractivity contribution >= 4 is 17.0 Å². The third kappa shape index (κ3) is 2.93. The Hall–Kier alpha value is -1.88. The normalized spacial score (nSPS) is 11.1. The van der Waals surface area contributed by atoms with Gasteiger partial charge in [-0.05, 0) is 37.6 Å². The molecule has 0 radical (unpaired) electrons. The standard InChI is InChI=1S/C14H19N3O2/c1-17-12-7-6-10(14(18)19)9-11(12)16-13(17)5-3-2-4-8-15/h6-7,9H,2-5,8,15H2,1H3,(H,18,19). The van der Waals surface area contributed by atoms with Crippen molar-refractivity contribution in [3.05, 3.63) is 29.6 Å². The summed E-state index contributed by atoms with van der Waals surface area (Å²) in [7, 11) is 1.97. The van der Waals surface area contributed by atoms with Crippen LogP contribution in [0.2, 0.25) is 0 Å². The van der Waals surface area contributed by atoms with E-state index < -0.39 is 5.97 Å². The number of carboxylic acid groups (broad SMARTS) is 1. The van der Waals surface area contributed by atoms with E-state index in [0.29, 0.717) is 0 Å². The van der Waals surface area contributed by atoms with E-state index in [-0.39, 0.29) is 5.56 Å². The number of benzene rings is 1. The van der Waals surface area contributed by atoms with Gasteiger partial charge in [-0.3, -0.25) is 0 Å². The van der Waals surface area contributed by atoms with Gasteiger partial charge in [0.1, 0.15) is 5.82 Å². The number of nitrogens with zero attached hydrogens (tertiary/aromatic N) is 2. The molecule has 2 aromatic rings. The fourth-order valence-corrected chi connectivity index (χ4v) is 2.21. The van der Waals surface area contributed by atoms with Crippen molar-refractivity contribution in [2.45, 2.75) is 25.7 Å². The molecule has 0 aliphatic carbocycles. The molecule has 1 heterocycles. The molecule has 5 nitrogen and oxygen atoms in total. The van der Waals surface area contributed by atoms with E-state index in [4.69, 9.17) is 10.8 Å². The Morgan fingerprint density at radius 3 is 2.84 bits per heavy atom. The van der Waals surface area contributed by atoms with Crippen molar-refractivity contribution in [3.8, 4) is 0 Å². The minimum absolute atomic E-state index is 0.278. The van der Waals surface area contributed by atoms with Gasteiger partial charge in [-0.2, -0.15) is 0 Å². The number of hydrogen-bond acceptors (Lipinski definition) is 3. The number of aryl methyl sites for hydroxylation is 2. The van der Waals surface area contributed by atoms with Crippen LogP contribution in [0.4, 0.5) is 0 Å². The number of aromatic nitrogens is 2. The zero-order valence-corrected chi connectivity index (χ0v) is 11.1. The van der Waals surface area contributed by atoms with E-state index in [1.54, 1.807) is 12.1 Å². The Morgan fingerprint density at radius 1 is 1.37 bits per heavy atom. The monoisotopic (exact) mass is 261 g/mol. The Labute approximate surface area is 112 Å². The molecule has 19 heavy (non-hydrogen) atoms. The molecule has 0 saturated heterocycles. The largest absolute Gasteiger partial charge is 0.478 e. The average Bonchev–Trinajstić information content (AvgIpc) is 2.71. The van der Waals surface area contributed by atoms with Gasteiger partial charge in [0.2, 0.25) is 0 Å². The van der Waals surface area contributed by atoms with Crippen molar-refractivity contribution in [1.82, 2.24) is 9.55 Å². The van der Waals surface area contributed by atoms with Crippen molar-refractivity contribution in [3.63, 3.8) is 0 Å². The van der Waals surface area contributed by atoms with Crippen LogP contribution in [0.1, 0.15) is 35.4 Å². The lowest BCUT2D eigenvalue weighted by Gasteiger charge is -2.02. The van der Waals surface area contributed by atoms with Gasteiger partial charge in [0.05, 0.1) is 16.6 Å². The second-order valence-corrected chi connectivity index (χ2v) is 4.70. The molecule has 1 aromatic carbocycles. The summed E-state index contributed by atoms with van der Waals surface area (Å²) in [6.45, 7) is 0.727. The highest BCUT2D eigenvalue weighted by Gasteiger charge is 2.10. The molecule has 2 rings (SSSR count). The van der Waals surface area contributed by atoms with Crippen molar-refractivity contribution in [2.24, 2.45) is 12.8 Å². The zero-order valence-electron chi connectivity index (χ0n) is 11.1. The lowest BCUT2D eigenvalue weighted by molar-refractivity contribution is 0.0697. The number of imidazole rings is 1. The second-order valence-electron chi connectivity index (χ2n) is 4.70. The van der Waals surface area contributed by atoms with Crippen molar-refractivity contribution in [1.29, 1.82) is 0 Å². The Kier molecular flexibility index (Phi) is 4.16. The lowest BCUT2D eigenvalue weighted by Crippen LogP contribution is -2.01. The van der Waals surface area contributed by atoms with E-state index in [2.05, 4.69) is 4.98 Å². The molecule has 0 saturated carbocycles. The maximum Gasteiger partial charge on any atom is 0.335 e. The van der Waals surface area contributed by atoms with Crippen LogP contribution in [0.5, 0.6) is 0 Å². The fraction of sp³-hybridized carbons (Fsp3) is 0.429. The van der Waals surface area contributed by atoms with Crippen LogP contribution in [0.15, 0.2) is 18.2 Å². The fourth-order valence-electron chi connectivity index (χ4n) is 2.21. The van der Waals surface area contributed by atoms with Gasteiger partial charge in [0.15, 0.2) is 0 Å². The van der Waals surface area contributed by atoms with Crippen molar-refractivity contribution in [2.75, 3.05) is 6.54 Å². The first-order chi connectivity index (χ1) is 9.13. The van der Waals surface area contributed by atoms with Crippen LogP contribution < -0.4 is 5.73 Å². The maximum atomic E-state index is 10.9. The average molecular weight is 261 g/mol. The van der Waals surface area contributed by atoms with Crippen LogP contribution in [0.3, 0.4) is 0 Å². The Balaban J connectivity index is 2.21. The van der Waals surface area contributed by atoms with Crippen LogP contribution in [0, 0.1) is 0 Å². The lowest BCUT2D eigenvalue weighted by atomic mass is 10.2. The minimum atomic E-state index is -0.919. The van der Waals surface area contributed by atoms with E-state index in [9.17, 15) is 4.79 Å². The van der Waals surface area contributed by atoms with E-state index in [1.165, 1.54) is 0 Å². The molecule has 0 amide bonds. The summed E-state index contributed by atoms with van der Waals surface area (Å²) in [6.07, 6.45) is 4.08. The molecule has 0 atom stereocenters. The highest BCUT2D eigenvalue weighted by molar-refractivity contribution is 5.92. The third-order valence-electron chi connectivity index (χ3n) is 3.32. The molecular weight excluding hydrogens is 242 g/mol. The number of hydrogen-bond donors (Lipinski definition) is 2. The molecule has 102 valence electrons. The number of aromatic carboxylic acids is 1. The summed E-state index contributed by atoms with van der Waals surface area (Å²) >= 11 is 0. The summed E-state index contributed by atoms with van der Waals surface area (Å²) in [5.41, 5.74) is 7.46. The molecule has 0 aliphatic rings. The van der Waals surface area contributed by atoms with E-state index in [1.807, 2.05) is 17.7 Å². The van der Waals surface area contributed by atoms with E-state index >= 15 is 0 Å². The molecule has 5 heteroatoms. The Bertz CT molecular complexity index is 590. The summed E-state index contributed by atoms with van der Waals surface area (Å²) < 4.78 is 2.03. The van der Waals surface area contributed by atoms with Gasteiger partial charge in [-0.25, -0.2) is 9.78 Å². The maximum absolute atomic E-state index is 10.9. The van der Waals surface area contributed by atoms with E-state index in [0.717, 1.165) is 49.1 Å². The SMILES string of the molecule is Cn1c(CCCCCN)nc2cc(C(=O)O)ccc21. The highest BCUT2D eigenvalue weighted by Crippen LogP contribution is 2.18. The summed E-state index contributed by atoms with van der Waals surface area (Å²) in [5.74, 6) is 0.0756. The summed E-state index contributed by atoms with van der Waals surface area (Å²) in [4.78, 5) is 15.5. The van der Waals surface area contributed by atoms with Crippen LogP contribution >= 0.6 is 0 Å². The molecule has 0 unspecified atom stereocenters. The first-order valence-electron chi connectivity index (χ1n) is 6.52. The van der Waals surface area contributed by atoms with Gasteiger partial charge in [0, 0.05) is 13.5 Å². The van der Waals surface area contributed by atoms with Crippen molar-refractivity contribution < 1.29 is 9.90 Å². The number of rotatable bonds is 6. The van der Waals surface area contributed by atoms with Gasteiger partial charge in [-0.1, -0.05) is 6.42 Å². The van der Waals surface area contributed by atoms with Gasteiger partial charge in [-0.15, -0.1) is 0 Å². The zero-order chi connectivity index (χ0) is 13.8.